The number of carbonyl (C=O) groups excluding carboxylic acids is 1. The maximum atomic E-state index is 10.2. The van der Waals surface area contributed by atoms with E-state index in [1.54, 1.807) is 13.2 Å². The minimum Gasteiger partial charge on any atom is -1.00 e. The van der Waals surface area contributed by atoms with Crippen molar-refractivity contribution in [2.45, 2.75) is 0 Å². The molecule has 0 N–H and O–H groups in total. The van der Waals surface area contributed by atoms with Gasteiger partial charge in [-0.1, -0.05) is 6.08 Å². The van der Waals surface area contributed by atoms with Crippen LogP contribution in [0.4, 0.5) is 5.69 Å². The molecule has 0 radical (unpaired) electrons. The molecule has 4 heteroatoms. The molecule has 0 unspecified atom stereocenters. The van der Waals surface area contributed by atoms with E-state index in [4.69, 9.17) is 4.74 Å². The highest BCUT2D eigenvalue weighted by molar-refractivity contribution is 5.74. The van der Waals surface area contributed by atoms with Crippen molar-refractivity contribution < 1.29 is 21.9 Å². The molecule has 1 aromatic carbocycles. The van der Waals surface area contributed by atoms with Gasteiger partial charge in [-0.25, -0.2) is 0 Å². The monoisotopic (exact) mass is 255 g/mol. The van der Waals surface area contributed by atoms with E-state index in [2.05, 4.69) is 14.1 Å². The first-order valence-corrected chi connectivity index (χ1v) is 5.14. The molecule has 1 aromatic rings. The zero-order valence-electron chi connectivity index (χ0n) is 10.4. The number of aldehydes is 1. The molecule has 3 nitrogen and oxygen atoms in total. The summed E-state index contributed by atoms with van der Waals surface area (Å²) in [6, 6.07) is 8.07. The lowest BCUT2D eigenvalue weighted by atomic mass is 10.2. The van der Waals surface area contributed by atoms with Crippen LogP contribution in [-0.2, 0) is 9.53 Å². The Balaban J connectivity index is 0.00000256. The molecular weight excluding hydrogens is 238 g/mol. The van der Waals surface area contributed by atoms with Gasteiger partial charge in [0, 0.05) is 7.11 Å². The van der Waals surface area contributed by atoms with Crippen LogP contribution >= 0.6 is 0 Å². The van der Waals surface area contributed by atoms with Crippen molar-refractivity contribution in [2.24, 2.45) is 0 Å². The largest absolute Gasteiger partial charge is 1.00 e. The van der Waals surface area contributed by atoms with Gasteiger partial charge in [-0.3, -0.25) is 9.28 Å². The van der Waals surface area contributed by atoms with E-state index in [1.807, 2.05) is 24.3 Å². The molecule has 0 atom stereocenters. The predicted molar refractivity (Wildman–Crippen MR) is 67.1 cm³/mol. The lowest BCUT2D eigenvalue weighted by Gasteiger charge is -2.27. The number of hydrogen-bond donors (Lipinski definition) is 0. The Bertz CT molecular complexity index is 372. The molecule has 0 aliphatic rings. The fourth-order valence-corrected chi connectivity index (χ4v) is 1.54. The Kier molecular flexibility index (Phi) is 6.73. The average molecular weight is 256 g/mol. The number of nitrogens with zero attached hydrogens (tertiary/aromatic N) is 1. The highest BCUT2D eigenvalue weighted by Gasteiger charge is 2.17. The van der Waals surface area contributed by atoms with Crippen molar-refractivity contribution in [1.29, 1.82) is 0 Å². The summed E-state index contributed by atoms with van der Waals surface area (Å²) in [5.41, 5.74) is 2.19. The molecule has 0 aromatic heterocycles. The van der Waals surface area contributed by atoms with Crippen molar-refractivity contribution in [3.8, 4) is 0 Å². The van der Waals surface area contributed by atoms with Gasteiger partial charge in [0.25, 0.3) is 0 Å². The number of carbonyl (C=O) groups is 1. The van der Waals surface area contributed by atoms with Gasteiger partial charge in [0.2, 0.25) is 0 Å². The molecule has 0 spiro atoms. The molecule has 0 bridgehead atoms. The van der Waals surface area contributed by atoms with Gasteiger partial charge < -0.3 is 17.1 Å². The number of benzene rings is 1. The molecule has 0 heterocycles. The number of ether oxygens (including phenoxy) is 1. The van der Waals surface area contributed by atoms with E-state index in [1.165, 1.54) is 11.8 Å². The Hall–Kier alpha value is -1.16. The molecular formula is C13H18ClNO2. The van der Waals surface area contributed by atoms with Crippen LogP contribution in [0.2, 0.25) is 0 Å². The third-order valence-electron chi connectivity index (χ3n) is 2.41. The molecule has 94 valence electrons. The van der Waals surface area contributed by atoms with E-state index in [-0.39, 0.29) is 12.4 Å². The first-order chi connectivity index (χ1) is 7.60. The minimum absolute atomic E-state index is 0. The number of halogens is 1. The quantitative estimate of drug-likeness (QED) is 0.294. The van der Waals surface area contributed by atoms with Crippen LogP contribution in [0.25, 0.3) is 6.08 Å². The van der Waals surface area contributed by atoms with Crippen LogP contribution in [0.15, 0.2) is 30.3 Å². The summed E-state index contributed by atoms with van der Waals surface area (Å²) in [6.07, 6.45) is 4.05. The summed E-state index contributed by atoms with van der Waals surface area (Å²) in [7, 11) is 5.86. The van der Waals surface area contributed by atoms with E-state index in [0.717, 1.165) is 11.8 Å². The van der Waals surface area contributed by atoms with Gasteiger partial charge in [-0.15, -0.1) is 0 Å². The number of hydrogen-bond acceptors (Lipinski definition) is 2. The normalized spacial score (nSPS) is 11.2. The molecule has 17 heavy (non-hydrogen) atoms. The minimum atomic E-state index is 0. The second-order valence-electron chi connectivity index (χ2n) is 4.19. The first kappa shape index (κ1) is 15.8. The van der Waals surface area contributed by atoms with Crippen LogP contribution in [0.1, 0.15) is 5.56 Å². The van der Waals surface area contributed by atoms with Crippen LogP contribution in [-0.4, -0.2) is 34.2 Å². The second kappa shape index (κ2) is 7.22. The SMILES string of the molecule is COC[N+](C)(C)c1ccc(C=CC=O)cc1.[Cl-]. The summed E-state index contributed by atoms with van der Waals surface area (Å²) in [5, 5.41) is 0. The fraction of sp³-hybridized carbons (Fsp3) is 0.308. The van der Waals surface area contributed by atoms with Gasteiger partial charge in [0.15, 0.2) is 6.73 Å². The van der Waals surface area contributed by atoms with Gasteiger partial charge in [-0.2, -0.15) is 0 Å². The Labute approximate surface area is 109 Å². The van der Waals surface area contributed by atoms with Gasteiger partial charge in [0.05, 0.1) is 14.1 Å². The van der Waals surface area contributed by atoms with Crippen LogP contribution in [0.5, 0.6) is 0 Å². The Morgan fingerprint density at radius 3 is 2.29 bits per heavy atom. The third-order valence-corrected chi connectivity index (χ3v) is 2.41. The molecule has 0 aliphatic carbocycles. The van der Waals surface area contributed by atoms with Gasteiger partial charge >= 0.3 is 0 Å². The summed E-state index contributed by atoms with van der Waals surface area (Å²) in [4.78, 5) is 10.2. The number of allylic oxidation sites excluding steroid dienone is 1. The van der Waals surface area contributed by atoms with Gasteiger partial charge in [-0.05, 0) is 35.9 Å². The molecule has 1 rings (SSSR count). The molecule has 0 amide bonds. The molecule has 0 saturated heterocycles. The third kappa shape index (κ3) is 4.69. The topological polar surface area (TPSA) is 26.3 Å². The van der Waals surface area contributed by atoms with E-state index < -0.39 is 0 Å². The highest BCUT2D eigenvalue weighted by Crippen LogP contribution is 2.19. The Morgan fingerprint density at radius 1 is 1.24 bits per heavy atom. The lowest BCUT2D eigenvalue weighted by Crippen LogP contribution is -3.00. The maximum Gasteiger partial charge on any atom is 0.187 e. The summed E-state index contributed by atoms with van der Waals surface area (Å²) < 4.78 is 5.84. The predicted octanol–water partition coefficient (Wildman–Crippen LogP) is -0.926. The molecule has 0 saturated carbocycles. The Morgan fingerprint density at radius 2 is 1.82 bits per heavy atom. The van der Waals surface area contributed by atoms with Crippen molar-refractivity contribution in [2.75, 3.05) is 27.9 Å². The summed E-state index contributed by atoms with van der Waals surface area (Å²) in [6.45, 7) is 0.628. The van der Waals surface area contributed by atoms with Crippen molar-refractivity contribution >= 4 is 18.0 Å². The van der Waals surface area contributed by atoms with Crippen molar-refractivity contribution in [3.05, 3.63) is 35.9 Å². The van der Waals surface area contributed by atoms with E-state index in [0.29, 0.717) is 11.2 Å². The summed E-state index contributed by atoms with van der Waals surface area (Å²) in [5.74, 6) is 0. The fourth-order valence-electron chi connectivity index (χ4n) is 1.54. The maximum absolute atomic E-state index is 10.2. The van der Waals surface area contributed by atoms with Crippen LogP contribution in [0.3, 0.4) is 0 Å². The lowest BCUT2D eigenvalue weighted by molar-refractivity contribution is -0.104. The van der Waals surface area contributed by atoms with E-state index >= 15 is 0 Å². The zero-order chi connectivity index (χ0) is 12.0. The second-order valence-corrected chi connectivity index (χ2v) is 4.19. The first-order valence-electron chi connectivity index (χ1n) is 5.14. The average Bonchev–Trinajstić information content (AvgIpc) is 2.27. The zero-order valence-corrected chi connectivity index (χ0v) is 11.1. The van der Waals surface area contributed by atoms with E-state index in [9.17, 15) is 4.79 Å². The molecule has 0 aliphatic heterocycles. The number of quaternary nitrogens is 1. The van der Waals surface area contributed by atoms with Crippen molar-refractivity contribution in [1.82, 2.24) is 4.48 Å². The van der Waals surface area contributed by atoms with Gasteiger partial charge in [0.1, 0.15) is 12.0 Å². The van der Waals surface area contributed by atoms with Crippen molar-refractivity contribution in [3.63, 3.8) is 0 Å². The molecule has 0 fully saturated rings. The number of methoxy groups -OCH3 is 1. The standard InChI is InChI=1S/C13H18NO2.ClH/c1-14(2,11-16-3)13-8-6-12(7-9-13)5-4-10-15;/h4-10H,11H2,1-3H3;1H/q+1;/p-1. The highest BCUT2D eigenvalue weighted by atomic mass is 35.5. The number of rotatable bonds is 5. The summed E-state index contributed by atoms with van der Waals surface area (Å²) >= 11 is 0. The van der Waals surface area contributed by atoms with Crippen LogP contribution in [0, 0.1) is 0 Å². The smallest absolute Gasteiger partial charge is 0.187 e. The van der Waals surface area contributed by atoms with Crippen LogP contribution < -0.4 is 16.9 Å².